The first-order valence-electron chi connectivity index (χ1n) is 7.70. The van der Waals surface area contributed by atoms with Crippen molar-refractivity contribution in [3.63, 3.8) is 0 Å². The molecule has 0 aromatic heterocycles. The van der Waals surface area contributed by atoms with Crippen LogP contribution in [0.4, 0.5) is 0 Å². The summed E-state index contributed by atoms with van der Waals surface area (Å²) in [5.74, 6) is 0. The van der Waals surface area contributed by atoms with E-state index in [1.54, 1.807) is 14.2 Å². The number of hydrogen-bond donors (Lipinski definition) is 0. The Morgan fingerprint density at radius 1 is 1.18 bits per heavy atom. The van der Waals surface area contributed by atoms with E-state index in [1.807, 2.05) is 18.2 Å². The summed E-state index contributed by atoms with van der Waals surface area (Å²) in [5.41, 5.74) is 1.94. The molecule has 0 radical (unpaired) electrons. The largest absolute Gasteiger partial charge is 0.355 e. The molecule has 1 saturated heterocycles. The lowest BCUT2D eigenvalue weighted by molar-refractivity contribution is -0.120. The van der Waals surface area contributed by atoms with Gasteiger partial charge in [0.25, 0.3) is 0 Å². The van der Waals surface area contributed by atoms with E-state index in [0.29, 0.717) is 6.04 Å². The SMILES string of the molecule is COC(CN1CCN([C@H](C)c2cccc(C#N)c2)CC1)OC. The quantitative estimate of drug-likeness (QED) is 0.751. The average Bonchev–Trinajstić information content (AvgIpc) is 2.59. The van der Waals surface area contributed by atoms with Crippen LogP contribution in [0.2, 0.25) is 0 Å². The number of benzene rings is 1. The van der Waals surface area contributed by atoms with E-state index in [2.05, 4.69) is 28.9 Å². The van der Waals surface area contributed by atoms with Crippen molar-refractivity contribution in [3.05, 3.63) is 35.4 Å². The summed E-state index contributed by atoms with van der Waals surface area (Å²) in [6, 6.07) is 10.4. The fourth-order valence-electron chi connectivity index (χ4n) is 2.87. The molecule has 1 aliphatic rings. The maximum Gasteiger partial charge on any atom is 0.169 e. The lowest BCUT2D eigenvalue weighted by Crippen LogP contribution is -2.49. The summed E-state index contributed by atoms with van der Waals surface area (Å²) >= 11 is 0. The van der Waals surface area contributed by atoms with Crippen LogP contribution in [0.1, 0.15) is 24.1 Å². The van der Waals surface area contributed by atoms with Crippen LogP contribution in [0.15, 0.2) is 24.3 Å². The molecule has 22 heavy (non-hydrogen) atoms. The van der Waals surface area contributed by atoms with Crippen molar-refractivity contribution in [1.29, 1.82) is 5.26 Å². The Bertz CT molecular complexity index is 503. The number of methoxy groups -OCH3 is 2. The zero-order chi connectivity index (χ0) is 15.9. The molecule has 1 aromatic rings. The van der Waals surface area contributed by atoms with Crippen LogP contribution in [-0.4, -0.2) is 63.0 Å². The molecule has 120 valence electrons. The van der Waals surface area contributed by atoms with Crippen molar-refractivity contribution in [1.82, 2.24) is 9.80 Å². The van der Waals surface area contributed by atoms with E-state index < -0.39 is 0 Å². The topological polar surface area (TPSA) is 48.7 Å². The highest BCUT2D eigenvalue weighted by Crippen LogP contribution is 2.22. The minimum Gasteiger partial charge on any atom is -0.355 e. The molecule has 5 heteroatoms. The third-order valence-corrected chi connectivity index (χ3v) is 4.39. The molecule has 0 unspecified atom stereocenters. The molecule has 0 spiro atoms. The average molecular weight is 303 g/mol. The molecule has 5 nitrogen and oxygen atoms in total. The van der Waals surface area contributed by atoms with Crippen LogP contribution in [0.5, 0.6) is 0 Å². The predicted molar refractivity (Wildman–Crippen MR) is 85.4 cm³/mol. The summed E-state index contributed by atoms with van der Waals surface area (Å²) in [6.45, 7) is 7.05. The van der Waals surface area contributed by atoms with E-state index in [9.17, 15) is 0 Å². The second-order valence-electron chi connectivity index (χ2n) is 5.65. The van der Waals surface area contributed by atoms with Crippen molar-refractivity contribution in [2.45, 2.75) is 19.3 Å². The van der Waals surface area contributed by atoms with Crippen molar-refractivity contribution >= 4 is 0 Å². The first-order valence-corrected chi connectivity index (χ1v) is 7.70. The van der Waals surface area contributed by atoms with Crippen LogP contribution in [-0.2, 0) is 9.47 Å². The van der Waals surface area contributed by atoms with Gasteiger partial charge in [0.05, 0.1) is 11.6 Å². The van der Waals surface area contributed by atoms with Gasteiger partial charge in [0.2, 0.25) is 0 Å². The predicted octanol–water partition coefficient (Wildman–Crippen LogP) is 1.86. The van der Waals surface area contributed by atoms with Gasteiger partial charge in [-0.15, -0.1) is 0 Å². The fourth-order valence-corrected chi connectivity index (χ4v) is 2.87. The molecule has 1 aliphatic heterocycles. The van der Waals surface area contributed by atoms with Crippen LogP contribution in [0, 0.1) is 11.3 Å². The van der Waals surface area contributed by atoms with E-state index >= 15 is 0 Å². The zero-order valence-corrected chi connectivity index (χ0v) is 13.7. The van der Waals surface area contributed by atoms with Crippen LogP contribution in [0.25, 0.3) is 0 Å². The standard InChI is InChI=1S/C17H25N3O2/c1-14(16-6-4-5-15(11-16)12-18)20-9-7-19(8-10-20)13-17(21-2)22-3/h4-6,11,14,17H,7-10,13H2,1-3H3/t14-/m1/s1. The lowest BCUT2D eigenvalue weighted by atomic mass is 10.0. The van der Waals surface area contributed by atoms with Gasteiger partial charge in [-0.3, -0.25) is 9.80 Å². The van der Waals surface area contributed by atoms with Crippen molar-refractivity contribution in [2.75, 3.05) is 46.9 Å². The van der Waals surface area contributed by atoms with Crippen molar-refractivity contribution in [2.24, 2.45) is 0 Å². The third-order valence-electron chi connectivity index (χ3n) is 4.39. The number of ether oxygens (including phenoxy) is 2. The monoisotopic (exact) mass is 303 g/mol. The summed E-state index contributed by atoms with van der Waals surface area (Å²) < 4.78 is 10.5. The lowest BCUT2D eigenvalue weighted by Gasteiger charge is -2.39. The molecular formula is C17H25N3O2. The molecule has 1 atom stereocenters. The van der Waals surface area contributed by atoms with E-state index in [1.165, 1.54) is 5.56 Å². The normalized spacial score (nSPS) is 18.3. The molecular weight excluding hydrogens is 278 g/mol. The number of piperazine rings is 1. The molecule has 0 bridgehead atoms. The van der Waals surface area contributed by atoms with Gasteiger partial charge in [-0.05, 0) is 24.6 Å². The molecule has 0 N–H and O–H groups in total. The van der Waals surface area contributed by atoms with Gasteiger partial charge in [-0.25, -0.2) is 0 Å². The maximum absolute atomic E-state index is 9.03. The Labute approximate surface area is 133 Å². The molecule has 1 aromatic carbocycles. The Hall–Kier alpha value is -1.45. The highest BCUT2D eigenvalue weighted by atomic mass is 16.7. The molecule has 1 fully saturated rings. The second-order valence-corrected chi connectivity index (χ2v) is 5.65. The summed E-state index contributed by atoms with van der Waals surface area (Å²) in [7, 11) is 3.35. The van der Waals surface area contributed by atoms with Gasteiger partial charge < -0.3 is 9.47 Å². The van der Waals surface area contributed by atoms with Gasteiger partial charge in [0.15, 0.2) is 6.29 Å². The van der Waals surface area contributed by atoms with Crippen LogP contribution < -0.4 is 0 Å². The number of nitriles is 1. The van der Waals surface area contributed by atoms with E-state index in [4.69, 9.17) is 14.7 Å². The van der Waals surface area contributed by atoms with Crippen molar-refractivity contribution < 1.29 is 9.47 Å². The van der Waals surface area contributed by atoms with E-state index in [-0.39, 0.29) is 6.29 Å². The first-order chi connectivity index (χ1) is 10.7. The van der Waals surface area contributed by atoms with Gasteiger partial charge >= 0.3 is 0 Å². The van der Waals surface area contributed by atoms with Crippen LogP contribution >= 0.6 is 0 Å². The Morgan fingerprint density at radius 2 is 1.86 bits per heavy atom. The van der Waals surface area contributed by atoms with Gasteiger partial charge in [0.1, 0.15) is 0 Å². The molecule has 1 heterocycles. The van der Waals surface area contributed by atoms with Crippen molar-refractivity contribution in [3.8, 4) is 6.07 Å². The summed E-state index contributed by atoms with van der Waals surface area (Å²) in [5, 5.41) is 9.03. The van der Waals surface area contributed by atoms with Gasteiger partial charge in [-0.2, -0.15) is 5.26 Å². The highest BCUT2D eigenvalue weighted by molar-refractivity contribution is 5.34. The Morgan fingerprint density at radius 3 is 2.45 bits per heavy atom. The molecule has 0 saturated carbocycles. The minimum atomic E-state index is -0.156. The number of nitrogens with zero attached hydrogens (tertiary/aromatic N) is 3. The smallest absolute Gasteiger partial charge is 0.169 e. The number of rotatable bonds is 6. The summed E-state index contributed by atoms with van der Waals surface area (Å²) in [6.07, 6.45) is -0.156. The third kappa shape index (κ3) is 4.28. The fraction of sp³-hybridized carbons (Fsp3) is 0.588. The minimum absolute atomic E-state index is 0.156. The molecule has 0 aliphatic carbocycles. The Kier molecular flexibility index (Phi) is 6.34. The number of hydrogen-bond acceptors (Lipinski definition) is 5. The van der Waals surface area contributed by atoms with Gasteiger partial charge in [-0.1, -0.05) is 12.1 Å². The molecule has 2 rings (SSSR count). The highest BCUT2D eigenvalue weighted by Gasteiger charge is 2.23. The first kappa shape index (κ1) is 16.9. The van der Waals surface area contributed by atoms with E-state index in [0.717, 1.165) is 38.3 Å². The zero-order valence-electron chi connectivity index (χ0n) is 13.7. The Balaban J connectivity index is 1.89. The van der Waals surface area contributed by atoms with Gasteiger partial charge in [0, 0.05) is 53.0 Å². The second kappa shape index (κ2) is 8.25. The summed E-state index contributed by atoms with van der Waals surface area (Å²) in [4.78, 5) is 4.83. The molecule has 0 amide bonds. The maximum atomic E-state index is 9.03. The van der Waals surface area contributed by atoms with Crippen LogP contribution in [0.3, 0.4) is 0 Å².